The van der Waals surface area contributed by atoms with Crippen molar-refractivity contribution >= 4 is 30.9 Å². The van der Waals surface area contributed by atoms with E-state index in [1.165, 1.54) is 6.20 Å². The summed E-state index contributed by atoms with van der Waals surface area (Å²) in [6.07, 6.45) is 2.96. The molecule has 0 bridgehead atoms. The molecule has 1 unspecified atom stereocenters. The van der Waals surface area contributed by atoms with E-state index in [9.17, 15) is 14.3 Å². The summed E-state index contributed by atoms with van der Waals surface area (Å²) in [5.74, 6) is 0.128. The fraction of sp³-hybridized carbons (Fsp3) is 0.625. The van der Waals surface area contributed by atoms with Gasteiger partial charge in [-0.1, -0.05) is 0 Å². The van der Waals surface area contributed by atoms with Crippen molar-refractivity contribution < 1.29 is 33.0 Å². The normalized spacial score (nSPS) is 17.7. The van der Waals surface area contributed by atoms with Crippen LogP contribution in [0, 0.1) is 0 Å². The van der Waals surface area contributed by atoms with Crippen LogP contribution in [0.3, 0.4) is 0 Å². The molecule has 13 heteroatoms. The van der Waals surface area contributed by atoms with Crippen LogP contribution >= 0.6 is 7.60 Å². The summed E-state index contributed by atoms with van der Waals surface area (Å²) in [4.78, 5) is 33.6. The van der Waals surface area contributed by atoms with E-state index in [-0.39, 0.29) is 5.95 Å². The maximum absolute atomic E-state index is 12.1. The fourth-order valence-electron chi connectivity index (χ4n) is 2.47. The van der Waals surface area contributed by atoms with E-state index in [1.54, 1.807) is 31.7 Å². The maximum Gasteiger partial charge on any atom is 0.510 e. The first-order valence-electron chi connectivity index (χ1n) is 8.86. The first-order chi connectivity index (χ1) is 13.5. The van der Waals surface area contributed by atoms with Crippen molar-refractivity contribution in [2.75, 3.05) is 18.9 Å². The van der Waals surface area contributed by atoms with E-state index in [4.69, 9.17) is 19.7 Å². The van der Waals surface area contributed by atoms with Gasteiger partial charge in [0, 0.05) is 0 Å². The van der Waals surface area contributed by atoms with Gasteiger partial charge in [0.1, 0.15) is 17.5 Å². The zero-order chi connectivity index (χ0) is 21.3. The molecule has 0 saturated heterocycles. The van der Waals surface area contributed by atoms with Gasteiger partial charge in [-0.3, -0.25) is 9.09 Å². The molecule has 1 saturated carbocycles. The highest BCUT2D eigenvalue weighted by molar-refractivity contribution is 7.52. The molecule has 0 radical (unpaired) electrons. The number of hydrogen-bond donors (Lipinski definition) is 2. The SMILES string of the molecule is CC(C)(C)OC(=O)OCOP(=O)(O)COC1(Cn2cnc3cnc(N)nc32)CC1. The fourth-order valence-corrected chi connectivity index (χ4v) is 3.20. The molecule has 160 valence electrons. The number of nitrogens with two attached hydrogens (primary N) is 1. The Morgan fingerprint density at radius 1 is 1.38 bits per heavy atom. The maximum atomic E-state index is 12.1. The quantitative estimate of drug-likeness (QED) is 0.359. The first-order valence-corrected chi connectivity index (χ1v) is 10.6. The third-order valence-electron chi connectivity index (χ3n) is 4.00. The number of carbonyl (C=O) groups excluding carboxylic acids is 1. The van der Waals surface area contributed by atoms with Crippen molar-refractivity contribution in [1.29, 1.82) is 0 Å². The molecule has 29 heavy (non-hydrogen) atoms. The predicted molar refractivity (Wildman–Crippen MR) is 101 cm³/mol. The van der Waals surface area contributed by atoms with E-state index in [2.05, 4.69) is 19.7 Å². The lowest BCUT2D eigenvalue weighted by Gasteiger charge is -2.21. The minimum absolute atomic E-state index is 0.128. The number of nitrogens with zero attached hydrogens (tertiary/aromatic N) is 4. The molecular formula is C16H24N5O7P. The molecule has 0 aromatic carbocycles. The van der Waals surface area contributed by atoms with Crippen LogP contribution in [0.4, 0.5) is 10.7 Å². The Balaban J connectivity index is 1.50. The van der Waals surface area contributed by atoms with Crippen LogP contribution in [0.25, 0.3) is 11.2 Å². The van der Waals surface area contributed by atoms with Gasteiger partial charge < -0.3 is 29.4 Å². The second-order valence-corrected chi connectivity index (χ2v) is 9.55. The number of anilines is 1. The van der Waals surface area contributed by atoms with Crippen LogP contribution in [0.1, 0.15) is 33.6 Å². The van der Waals surface area contributed by atoms with Crippen LogP contribution in [0.2, 0.25) is 0 Å². The van der Waals surface area contributed by atoms with Crippen molar-refractivity contribution in [2.24, 2.45) is 0 Å². The predicted octanol–water partition coefficient (Wildman–Crippen LogP) is 2.03. The van der Waals surface area contributed by atoms with Gasteiger partial charge >= 0.3 is 13.8 Å². The number of ether oxygens (including phenoxy) is 3. The molecule has 3 rings (SSSR count). The van der Waals surface area contributed by atoms with Gasteiger partial charge in [-0.25, -0.2) is 14.8 Å². The summed E-state index contributed by atoms with van der Waals surface area (Å²) in [5, 5.41) is 0. The van der Waals surface area contributed by atoms with Gasteiger partial charge in [-0.05, 0) is 33.6 Å². The molecule has 3 N–H and O–H groups in total. The van der Waals surface area contributed by atoms with E-state index in [0.717, 1.165) is 0 Å². The van der Waals surface area contributed by atoms with Crippen LogP contribution in [0.15, 0.2) is 12.5 Å². The molecule has 1 atom stereocenters. The van der Waals surface area contributed by atoms with Crippen molar-refractivity contribution in [3.8, 4) is 0 Å². The Morgan fingerprint density at radius 2 is 2.10 bits per heavy atom. The largest absolute Gasteiger partial charge is 0.510 e. The van der Waals surface area contributed by atoms with Gasteiger partial charge in [0.25, 0.3) is 0 Å². The summed E-state index contributed by atoms with van der Waals surface area (Å²) in [6, 6.07) is 0. The summed E-state index contributed by atoms with van der Waals surface area (Å²) in [7, 11) is -4.13. The molecule has 2 aromatic heterocycles. The van der Waals surface area contributed by atoms with E-state index in [0.29, 0.717) is 30.6 Å². The third kappa shape index (κ3) is 6.10. The monoisotopic (exact) mass is 429 g/mol. The zero-order valence-electron chi connectivity index (χ0n) is 16.4. The Hall–Kier alpha value is -2.27. The van der Waals surface area contributed by atoms with Gasteiger partial charge in [0.15, 0.2) is 5.65 Å². The number of aromatic nitrogens is 4. The number of rotatable bonds is 8. The van der Waals surface area contributed by atoms with Crippen LogP contribution in [0.5, 0.6) is 0 Å². The number of carbonyl (C=O) groups is 1. The first kappa shape index (κ1) is 21.4. The number of nitrogen functional groups attached to an aromatic ring is 1. The van der Waals surface area contributed by atoms with Gasteiger partial charge in [-0.15, -0.1) is 0 Å². The molecule has 0 aliphatic heterocycles. The minimum Gasteiger partial charge on any atom is -0.429 e. The molecule has 1 aliphatic rings. The average Bonchev–Trinajstić information content (AvgIpc) is 3.26. The lowest BCUT2D eigenvalue weighted by molar-refractivity contribution is -0.0409. The molecular weight excluding hydrogens is 405 g/mol. The lowest BCUT2D eigenvalue weighted by Crippen LogP contribution is -2.25. The van der Waals surface area contributed by atoms with Crippen LogP contribution < -0.4 is 5.73 Å². The molecule has 0 amide bonds. The number of imidazole rings is 1. The zero-order valence-corrected chi connectivity index (χ0v) is 17.3. The van der Waals surface area contributed by atoms with Gasteiger partial charge in [0.05, 0.1) is 24.7 Å². The Morgan fingerprint density at radius 3 is 2.76 bits per heavy atom. The molecule has 2 heterocycles. The second kappa shape index (κ2) is 7.86. The summed E-state index contributed by atoms with van der Waals surface area (Å²) in [6.45, 7) is 4.66. The highest BCUT2D eigenvalue weighted by Gasteiger charge is 2.46. The Labute approximate surface area is 166 Å². The Bertz CT molecular complexity index is 937. The number of fused-ring (bicyclic) bond motifs is 1. The topological polar surface area (TPSA) is 161 Å². The summed E-state index contributed by atoms with van der Waals surface area (Å²) < 4.78 is 33.9. The molecule has 1 aliphatic carbocycles. The van der Waals surface area contributed by atoms with Crippen molar-refractivity contribution in [2.45, 2.75) is 51.4 Å². The third-order valence-corrected chi connectivity index (χ3v) is 4.96. The molecule has 1 fully saturated rings. The van der Waals surface area contributed by atoms with Gasteiger partial charge in [0.2, 0.25) is 12.7 Å². The van der Waals surface area contributed by atoms with E-state index in [1.807, 2.05) is 0 Å². The van der Waals surface area contributed by atoms with E-state index < -0.39 is 38.1 Å². The standard InChI is InChI=1S/C16H24N5O7P/c1-15(2,3)28-14(22)25-9-27-29(23,24)10-26-16(4-5-16)7-21-8-19-11-6-18-13(17)20-12(11)21/h6,8H,4-5,7,9-10H2,1-3H3,(H,23,24)(H2,17,18,20). The smallest absolute Gasteiger partial charge is 0.429 e. The summed E-state index contributed by atoms with van der Waals surface area (Å²) >= 11 is 0. The molecule has 0 spiro atoms. The van der Waals surface area contributed by atoms with Crippen LogP contribution in [-0.4, -0.2) is 54.9 Å². The Kier molecular flexibility index (Phi) is 5.81. The average molecular weight is 429 g/mol. The van der Waals surface area contributed by atoms with E-state index >= 15 is 0 Å². The summed E-state index contributed by atoms with van der Waals surface area (Å²) in [5.41, 5.74) is 5.40. The van der Waals surface area contributed by atoms with Crippen LogP contribution in [-0.2, 0) is 29.8 Å². The van der Waals surface area contributed by atoms with Crippen molar-refractivity contribution in [3.05, 3.63) is 12.5 Å². The van der Waals surface area contributed by atoms with Gasteiger partial charge in [-0.2, -0.15) is 4.98 Å². The lowest BCUT2D eigenvalue weighted by atomic mass is 10.2. The highest BCUT2D eigenvalue weighted by Crippen LogP contribution is 2.48. The molecule has 12 nitrogen and oxygen atoms in total. The molecule has 2 aromatic rings. The second-order valence-electron chi connectivity index (χ2n) is 7.76. The number of hydrogen-bond acceptors (Lipinski definition) is 10. The van der Waals surface area contributed by atoms with Crippen molar-refractivity contribution in [3.63, 3.8) is 0 Å². The highest BCUT2D eigenvalue weighted by atomic mass is 31.2. The minimum atomic E-state index is -4.13. The van der Waals surface area contributed by atoms with Crippen molar-refractivity contribution in [1.82, 2.24) is 19.5 Å².